The Morgan fingerprint density at radius 2 is 1.93 bits per heavy atom. The first-order valence-corrected chi connectivity index (χ1v) is 11.5. The Bertz CT molecular complexity index is 883. The van der Waals surface area contributed by atoms with Crippen LogP contribution < -0.4 is 0 Å². The molecular formula is C25H34O4S. The predicted octanol–water partition coefficient (Wildman–Crippen LogP) is 6.59. The maximum absolute atomic E-state index is 12.8. The lowest BCUT2D eigenvalue weighted by Gasteiger charge is -2.40. The number of allylic oxidation sites excluding steroid dienone is 3. The van der Waals surface area contributed by atoms with Crippen LogP contribution in [0.4, 0.5) is 0 Å². The number of rotatable bonds is 10. The summed E-state index contributed by atoms with van der Waals surface area (Å²) < 4.78 is 5.61. The number of carboxylic acids is 1. The molecule has 2 rings (SSSR count). The maximum Gasteiger partial charge on any atom is 0.336 e. The van der Waals surface area contributed by atoms with Crippen LogP contribution in [0.15, 0.2) is 46.1 Å². The molecule has 5 heteroatoms. The molecule has 0 bridgehead atoms. The molecule has 0 spiro atoms. The number of ketones is 1. The van der Waals surface area contributed by atoms with E-state index in [2.05, 4.69) is 12.3 Å². The smallest absolute Gasteiger partial charge is 0.336 e. The SMILES string of the molecule is CCCCCCc1csc(C(=O)C=CC2C(OC)=C(C)C(C(=O)O)=C(C)C2(C)C)c1. The van der Waals surface area contributed by atoms with Gasteiger partial charge in [0.2, 0.25) is 0 Å². The van der Waals surface area contributed by atoms with Gasteiger partial charge in [0.25, 0.3) is 0 Å². The molecule has 0 radical (unpaired) electrons. The van der Waals surface area contributed by atoms with Crippen LogP contribution in [0.2, 0.25) is 0 Å². The molecule has 1 N–H and O–H groups in total. The van der Waals surface area contributed by atoms with Crippen molar-refractivity contribution in [2.24, 2.45) is 11.3 Å². The van der Waals surface area contributed by atoms with Gasteiger partial charge in [0.1, 0.15) is 5.76 Å². The third kappa shape index (κ3) is 5.12. The van der Waals surface area contributed by atoms with Gasteiger partial charge in [0.05, 0.1) is 17.6 Å². The van der Waals surface area contributed by atoms with Crippen LogP contribution in [-0.4, -0.2) is 24.0 Å². The topological polar surface area (TPSA) is 63.6 Å². The van der Waals surface area contributed by atoms with Gasteiger partial charge >= 0.3 is 5.97 Å². The number of aryl methyl sites for hydroxylation is 1. The summed E-state index contributed by atoms with van der Waals surface area (Å²) in [6.07, 6.45) is 9.35. The molecule has 0 fully saturated rings. The predicted molar refractivity (Wildman–Crippen MR) is 123 cm³/mol. The number of thiophene rings is 1. The highest BCUT2D eigenvalue weighted by atomic mass is 32.1. The van der Waals surface area contributed by atoms with Crippen molar-refractivity contribution in [3.05, 3.63) is 56.5 Å². The lowest BCUT2D eigenvalue weighted by Crippen LogP contribution is -2.33. The average molecular weight is 431 g/mol. The van der Waals surface area contributed by atoms with E-state index < -0.39 is 11.4 Å². The monoisotopic (exact) mass is 430 g/mol. The molecule has 1 heterocycles. The Labute approximate surface area is 184 Å². The number of unbranched alkanes of at least 4 members (excludes halogenated alkanes) is 3. The summed E-state index contributed by atoms with van der Waals surface area (Å²) in [5.41, 5.74) is 2.47. The molecule has 164 valence electrons. The first-order chi connectivity index (χ1) is 14.1. The number of carboxylic acid groups (broad SMARTS) is 1. The summed E-state index contributed by atoms with van der Waals surface area (Å²) in [5, 5.41) is 11.7. The number of aliphatic carboxylic acids is 1. The van der Waals surface area contributed by atoms with Crippen molar-refractivity contribution in [2.45, 2.75) is 66.7 Å². The first kappa shape index (κ1) is 24.1. The average Bonchev–Trinajstić information content (AvgIpc) is 3.16. The summed E-state index contributed by atoms with van der Waals surface area (Å²) in [4.78, 5) is 25.3. The van der Waals surface area contributed by atoms with Gasteiger partial charge < -0.3 is 9.84 Å². The van der Waals surface area contributed by atoms with E-state index in [0.717, 1.165) is 23.3 Å². The molecule has 0 aromatic carbocycles. The van der Waals surface area contributed by atoms with E-state index in [4.69, 9.17) is 4.74 Å². The second-order valence-corrected chi connectivity index (χ2v) is 9.46. The van der Waals surface area contributed by atoms with E-state index >= 15 is 0 Å². The number of carbonyl (C=O) groups is 2. The lowest BCUT2D eigenvalue weighted by molar-refractivity contribution is -0.132. The van der Waals surface area contributed by atoms with Crippen molar-refractivity contribution >= 4 is 23.1 Å². The van der Waals surface area contributed by atoms with Gasteiger partial charge in [0.15, 0.2) is 5.78 Å². The Balaban J connectivity index is 2.21. The summed E-state index contributed by atoms with van der Waals surface area (Å²) in [6.45, 7) is 9.82. The Hall–Kier alpha value is -2.14. The highest BCUT2D eigenvalue weighted by molar-refractivity contribution is 7.12. The van der Waals surface area contributed by atoms with Crippen LogP contribution in [-0.2, 0) is 16.0 Å². The standard InChI is InChI=1S/C25H34O4S/c1-7-8-9-10-11-18-14-21(30-15-18)20(26)13-12-19-23(29-6)16(2)22(24(27)28)17(3)25(19,4)5/h12-15,19H,7-11H2,1-6H3,(H,27,28). The molecule has 1 aromatic rings. The summed E-state index contributed by atoms with van der Waals surface area (Å²) in [7, 11) is 1.56. The quantitative estimate of drug-likeness (QED) is 0.258. The molecule has 4 nitrogen and oxygen atoms in total. The number of carbonyl (C=O) groups excluding carboxylic acids is 1. The van der Waals surface area contributed by atoms with Crippen molar-refractivity contribution in [1.29, 1.82) is 0 Å². The molecule has 1 aromatic heterocycles. The van der Waals surface area contributed by atoms with Gasteiger partial charge in [-0.2, -0.15) is 0 Å². The molecule has 1 atom stereocenters. The van der Waals surface area contributed by atoms with Gasteiger partial charge in [-0.05, 0) is 55.2 Å². The highest BCUT2D eigenvalue weighted by Crippen LogP contribution is 2.48. The third-order valence-electron chi connectivity index (χ3n) is 6.24. The van der Waals surface area contributed by atoms with E-state index in [9.17, 15) is 14.7 Å². The largest absolute Gasteiger partial charge is 0.500 e. The minimum atomic E-state index is -0.948. The summed E-state index contributed by atoms with van der Waals surface area (Å²) in [6, 6.07) is 2.00. The van der Waals surface area contributed by atoms with Gasteiger partial charge in [-0.25, -0.2) is 4.79 Å². The van der Waals surface area contributed by atoms with Crippen LogP contribution >= 0.6 is 11.3 Å². The second kappa shape index (κ2) is 10.3. The third-order valence-corrected chi connectivity index (χ3v) is 7.23. The van der Waals surface area contributed by atoms with Crippen molar-refractivity contribution in [2.75, 3.05) is 7.11 Å². The fourth-order valence-electron chi connectivity index (χ4n) is 4.11. The van der Waals surface area contributed by atoms with Gasteiger partial charge in [-0.1, -0.05) is 51.7 Å². The van der Waals surface area contributed by atoms with Gasteiger partial charge in [0, 0.05) is 11.5 Å². The van der Waals surface area contributed by atoms with E-state index in [1.165, 1.54) is 36.2 Å². The van der Waals surface area contributed by atoms with Crippen molar-refractivity contribution < 1.29 is 19.4 Å². The fraction of sp³-hybridized carbons (Fsp3) is 0.520. The van der Waals surface area contributed by atoms with E-state index in [1.807, 2.05) is 32.9 Å². The zero-order valence-electron chi connectivity index (χ0n) is 19.0. The van der Waals surface area contributed by atoms with Crippen LogP contribution in [0.5, 0.6) is 0 Å². The molecule has 1 aliphatic rings. The Kier molecular flexibility index (Phi) is 8.25. The van der Waals surface area contributed by atoms with E-state index in [1.54, 1.807) is 20.1 Å². The van der Waals surface area contributed by atoms with Crippen LogP contribution in [0.3, 0.4) is 0 Å². The molecular weight excluding hydrogens is 396 g/mol. The van der Waals surface area contributed by atoms with Crippen molar-refractivity contribution in [3.63, 3.8) is 0 Å². The molecule has 1 unspecified atom stereocenters. The highest BCUT2D eigenvalue weighted by Gasteiger charge is 2.41. The number of methoxy groups -OCH3 is 1. The summed E-state index contributed by atoms with van der Waals surface area (Å²) >= 11 is 1.49. The number of hydrogen-bond donors (Lipinski definition) is 1. The molecule has 0 amide bonds. The second-order valence-electron chi connectivity index (χ2n) is 8.55. The minimum Gasteiger partial charge on any atom is -0.500 e. The number of ether oxygens (including phenoxy) is 1. The van der Waals surface area contributed by atoms with Crippen LogP contribution in [0.25, 0.3) is 0 Å². The van der Waals surface area contributed by atoms with Gasteiger partial charge in [-0.15, -0.1) is 11.3 Å². The molecule has 1 aliphatic carbocycles. The normalized spacial score (nSPS) is 18.9. The first-order valence-electron chi connectivity index (χ1n) is 10.6. The van der Waals surface area contributed by atoms with Crippen molar-refractivity contribution in [3.8, 4) is 0 Å². The van der Waals surface area contributed by atoms with Crippen molar-refractivity contribution in [1.82, 2.24) is 0 Å². The zero-order chi connectivity index (χ0) is 22.5. The van der Waals surface area contributed by atoms with E-state index in [0.29, 0.717) is 16.9 Å². The summed E-state index contributed by atoms with van der Waals surface area (Å²) in [5.74, 6) is -0.566. The molecule has 0 aliphatic heterocycles. The van der Waals surface area contributed by atoms with E-state index in [-0.39, 0.29) is 11.7 Å². The fourth-order valence-corrected chi connectivity index (χ4v) is 4.98. The molecule has 30 heavy (non-hydrogen) atoms. The van der Waals surface area contributed by atoms with Crippen LogP contribution in [0.1, 0.15) is 75.5 Å². The zero-order valence-corrected chi connectivity index (χ0v) is 19.8. The number of hydrogen-bond acceptors (Lipinski definition) is 4. The maximum atomic E-state index is 12.8. The lowest BCUT2D eigenvalue weighted by atomic mass is 9.66. The Morgan fingerprint density at radius 1 is 1.23 bits per heavy atom. The molecule has 0 saturated heterocycles. The minimum absolute atomic E-state index is 0.0191. The van der Waals surface area contributed by atoms with Crippen LogP contribution in [0, 0.1) is 11.3 Å². The molecule has 0 saturated carbocycles. The van der Waals surface area contributed by atoms with Gasteiger partial charge in [-0.3, -0.25) is 4.79 Å². The Morgan fingerprint density at radius 3 is 2.53 bits per heavy atom.